The van der Waals surface area contributed by atoms with Crippen LogP contribution in [0.4, 0.5) is 0 Å². The normalized spacial score (nSPS) is 12.9. The molecule has 6 heteroatoms. The quantitative estimate of drug-likeness (QED) is 0.331. The maximum Gasteiger partial charge on any atom is 0.471 e. The lowest BCUT2D eigenvalue weighted by molar-refractivity contribution is 1.01. The second-order valence-corrected chi connectivity index (χ2v) is 15.8. The van der Waals surface area contributed by atoms with Crippen LogP contribution in [0.25, 0.3) is 0 Å². The van der Waals surface area contributed by atoms with Crippen molar-refractivity contribution in [1.29, 1.82) is 0 Å². The Morgan fingerprint density at radius 3 is 1.40 bits per heavy atom. The van der Waals surface area contributed by atoms with Gasteiger partial charge >= 0.3 is 6.16 Å². The zero-order valence-corrected chi connectivity index (χ0v) is 13.9. The lowest BCUT2D eigenvalue weighted by atomic mass is 10.6. The highest BCUT2D eigenvalue weighted by molar-refractivity contribution is 7.74. The number of halogens is 3. The Kier molecular flexibility index (Phi) is 8.27. The molecular weight excluding hydrogens is 288 g/mol. The molecule has 1 nitrogen and oxygen atoms in total. The van der Waals surface area contributed by atoms with Gasteiger partial charge in [0.05, 0.1) is 0 Å². The van der Waals surface area contributed by atoms with Crippen LogP contribution in [0.2, 0.25) is 0 Å². The van der Waals surface area contributed by atoms with E-state index in [2.05, 4.69) is 25.2 Å². The average molecular weight is 309 g/mol. The summed E-state index contributed by atoms with van der Waals surface area (Å²) in [5.41, 5.74) is 0. The maximum atomic E-state index is 5.96. The summed E-state index contributed by atoms with van der Waals surface area (Å²) in [5.74, 6) is 0. The molecule has 0 heterocycles. The zero-order chi connectivity index (χ0) is 11.9. The maximum absolute atomic E-state index is 5.96. The van der Waals surface area contributed by atoms with Gasteiger partial charge in [0.2, 0.25) is 0 Å². The summed E-state index contributed by atoms with van der Waals surface area (Å²) < 4.78 is 4.66. The first kappa shape index (κ1) is 16.3. The monoisotopic (exact) mass is 307 g/mol. The van der Waals surface area contributed by atoms with Crippen LogP contribution < -0.4 is 0 Å². The molecule has 0 aromatic rings. The highest BCUT2D eigenvalue weighted by Gasteiger charge is 2.29. The molecule has 0 aliphatic rings. The molecule has 0 radical (unpaired) electrons. The van der Waals surface area contributed by atoms with Crippen molar-refractivity contribution in [2.45, 2.75) is 40.0 Å². The van der Waals surface area contributed by atoms with Gasteiger partial charge in [-0.2, -0.15) is 0 Å². The van der Waals surface area contributed by atoms with Gasteiger partial charge in [0.15, 0.2) is 0 Å². The van der Waals surface area contributed by atoms with Crippen LogP contribution in [-0.2, 0) is 0 Å². The van der Waals surface area contributed by atoms with Crippen molar-refractivity contribution >= 4 is 46.5 Å². The minimum absolute atomic E-state index is 1.15. The van der Waals surface area contributed by atoms with Gasteiger partial charge in [-0.25, -0.2) is 0 Å². The molecule has 0 N–H and O–H groups in total. The van der Waals surface area contributed by atoms with Crippen molar-refractivity contribution in [2.24, 2.45) is 4.41 Å². The third-order valence-corrected chi connectivity index (χ3v) is 10.7. The minimum atomic E-state index is -2.81. The van der Waals surface area contributed by atoms with Gasteiger partial charge in [-0.15, -0.1) is 33.2 Å². The average Bonchev–Trinajstić information content (AvgIpc) is 2.01. The van der Waals surface area contributed by atoms with Crippen LogP contribution in [0.15, 0.2) is 4.41 Å². The lowest BCUT2D eigenvalue weighted by Gasteiger charge is -2.25. The fraction of sp³-hybridized carbons (Fsp3) is 1.00. The fourth-order valence-corrected chi connectivity index (χ4v) is 12.6. The van der Waals surface area contributed by atoms with E-state index in [1.165, 1.54) is 0 Å². The standard InChI is InChI=1S/C9H21Cl3NPSi/c1-4-7-14(8-5-2,9-6-3)13-15(10,11)12/h4-9H2,1-3H3. The molecule has 0 amide bonds. The summed E-state index contributed by atoms with van der Waals surface area (Å²) in [6.45, 7) is 6.57. The van der Waals surface area contributed by atoms with Crippen LogP contribution in [0.1, 0.15) is 40.0 Å². The van der Waals surface area contributed by atoms with E-state index < -0.39 is 13.2 Å². The summed E-state index contributed by atoms with van der Waals surface area (Å²) in [7, 11) is -1.33. The largest absolute Gasteiger partial charge is 0.471 e. The third kappa shape index (κ3) is 7.28. The van der Waals surface area contributed by atoms with Gasteiger partial charge in [-0.05, 0) is 25.5 Å². The van der Waals surface area contributed by atoms with Gasteiger partial charge < -0.3 is 0 Å². The van der Waals surface area contributed by atoms with Crippen molar-refractivity contribution in [3.8, 4) is 0 Å². The second kappa shape index (κ2) is 7.61. The van der Waals surface area contributed by atoms with E-state index in [0.717, 1.165) is 37.7 Å². The molecule has 0 rings (SSSR count). The summed E-state index contributed by atoms with van der Waals surface area (Å²) in [4.78, 5) is 0. The Morgan fingerprint density at radius 2 is 1.20 bits per heavy atom. The number of hydrogen-bond donors (Lipinski definition) is 0. The first-order valence-electron chi connectivity index (χ1n) is 5.56. The predicted molar refractivity (Wildman–Crippen MR) is 78.1 cm³/mol. The summed E-state index contributed by atoms with van der Waals surface area (Å²) >= 11 is 17.9. The molecule has 0 aliphatic carbocycles. The Hall–Kier alpha value is 1.32. The third-order valence-electron chi connectivity index (χ3n) is 2.25. The van der Waals surface area contributed by atoms with Crippen LogP contribution in [0.5, 0.6) is 0 Å². The smallest absolute Gasteiger partial charge is 0.293 e. The van der Waals surface area contributed by atoms with Gasteiger partial charge in [0, 0.05) is 0 Å². The first-order chi connectivity index (χ1) is 6.89. The molecule has 0 fully saturated rings. The molecule has 0 spiro atoms. The first-order valence-corrected chi connectivity index (χ1v) is 12.8. The molecule has 0 atom stereocenters. The molecule has 0 aliphatic heterocycles. The van der Waals surface area contributed by atoms with Gasteiger partial charge in [0.25, 0.3) is 0 Å². The number of nitrogens with zero attached hydrogens (tertiary/aromatic N) is 1. The van der Waals surface area contributed by atoms with Crippen molar-refractivity contribution in [2.75, 3.05) is 18.5 Å². The van der Waals surface area contributed by atoms with Crippen molar-refractivity contribution in [3.63, 3.8) is 0 Å². The van der Waals surface area contributed by atoms with E-state index in [1.54, 1.807) is 0 Å². The van der Waals surface area contributed by atoms with Crippen molar-refractivity contribution < 1.29 is 0 Å². The topological polar surface area (TPSA) is 12.4 Å². The summed E-state index contributed by atoms with van der Waals surface area (Å²) in [5, 5.41) is 0. The summed E-state index contributed by atoms with van der Waals surface area (Å²) in [6.07, 6.45) is 4.07. The molecule has 92 valence electrons. The van der Waals surface area contributed by atoms with Gasteiger partial charge in [-0.3, -0.25) is 4.41 Å². The summed E-state index contributed by atoms with van der Waals surface area (Å²) in [6, 6.07) is 0. The molecule has 0 saturated carbocycles. The lowest BCUT2D eigenvalue weighted by Crippen LogP contribution is -2.09. The zero-order valence-electron chi connectivity index (χ0n) is 9.77. The Labute approximate surface area is 109 Å². The van der Waals surface area contributed by atoms with Crippen molar-refractivity contribution in [3.05, 3.63) is 0 Å². The Bertz CT molecular complexity index is 204. The molecular formula is C9H21Cl3NPSi. The molecule has 0 unspecified atom stereocenters. The Morgan fingerprint density at radius 1 is 0.867 bits per heavy atom. The Balaban J connectivity index is 5.00. The fourth-order valence-electron chi connectivity index (χ4n) is 1.97. The van der Waals surface area contributed by atoms with Crippen LogP contribution in [0, 0.1) is 0 Å². The molecule has 0 bridgehead atoms. The molecule has 0 aromatic heterocycles. The van der Waals surface area contributed by atoms with Gasteiger partial charge in [0.1, 0.15) is 0 Å². The van der Waals surface area contributed by atoms with Crippen LogP contribution in [-0.4, -0.2) is 24.7 Å². The predicted octanol–water partition coefficient (Wildman–Crippen LogP) is 5.57. The van der Waals surface area contributed by atoms with Crippen molar-refractivity contribution in [1.82, 2.24) is 0 Å². The second-order valence-electron chi connectivity index (χ2n) is 3.83. The van der Waals surface area contributed by atoms with E-state index >= 15 is 0 Å². The molecule has 15 heavy (non-hydrogen) atoms. The highest BCUT2D eigenvalue weighted by Crippen LogP contribution is 2.54. The highest BCUT2D eigenvalue weighted by atomic mass is 35.8. The molecule has 0 saturated heterocycles. The number of hydrogen-bond acceptors (Lipinski definition) is 1. The van der Waals surface area contributed by atoms with Crippen LogP contribution >= 0.6 is 40.3 Å². The van der Waals surface area contributed by atoms with E-state index in [1.807, 2.05) is 0 Å². The van der Waals surface area contributed by atoms with Gasteiger partial charge in [-0.1, -0.05) is 40.0 Å². The number of rotatable bonds is 7. The van der Waals surface area contributed by atoms with Crippen LogP contribution in [0.3, 0.4) is 0 Å². The van der Waals surface area contributed by atoms with E-state index in [0.29, 0.717) is 0 Å². The van der Waals surface area contributed by atoms with E-state index in [-0.39, 0.29) is 0 Å². The van der Waals surface area contributed by atoms with E-state index in [9.17, 15) is 0 Å². The SMILES string of the molecule is CCCP(CCC)(CCC)=N[Si](Cl)(Cl)Cl. The molecule has 0 aromatic carbocycles. The van der Waals surface area contributed by atoms with E-state index in [4.69, 9.17) is 33.2 Å². The minimum Gasteiger partial charge on any atom is -0.293 e.